The van der Waals surface area contributed by atoms with Crippen molar-refractivity contribution in [1.82, 2.24) is 14.8 Å². The number of nitrogens with zero attached hydrogens (tertiary/aromatic N) is 5. The van der Waals surface area contributed by atoms with Crippen LogP contribution in [0.2, 0.25) is 0 Å². The van der Waals surface area contributed by atoms with Crippen molar-refractivity contribution in [3.63, 3.8) is 0 Å². The first-order valence-corrected chi connectivity index (χ1v) is 20.4. The molecule has 2 aliphatic heterocycles. The summed E-state index contributed by atoms with van der Waals surface area (Å²) in [4.78, 5) is 34.6. The second-order valence-corrected chi connectivity index (χ2v) is 16.8. The fourth-order valence-corrected chi connectivity index (χ4v) is 9.04. The number of benzene rings is 4. The standard InChI is InChI=1S/C42H38F4N8O5S/c1-41(57,35(56)17-24-4-5-26(20-47)32(16-24)42(44,45)46)22-60(58,59)30-12-10-29(11-13-30)49-15-3-14-48-28-8-6-25(7-9-28)38-37(40-51-23-52-54(40)2)39-36-31(34(55)21-50-39)18-27(43)19-33(36)53-38/h4-13,16,18-19,23,37-38,48-49,53,57H,3,14-15,17,21-22H2,1-2H3/t37?,38-,41?/m1/s1. The summed E-state index contributed by atoms with van der Waals surface area (Å²) in [6.45, 7) is 2.03. The molecule has 3 heterocycles. The molecule has 2 unspecified atom stereocenters. The molecule has 0 saturated carbocycles. The van der Waals surface area contributed by atoms with Crippen molar-refractivity contribution in [3.8, 4) is 6.07 Å². The molecule has 0 bridgehead atoms. The molecule has 18 heteroatoms. The lowest BCUT2D eigenvalue weighted by atomic mass is 9.78. The van der Waals surface area contributed by atoms with Gasteiger partial charge < -0.3 is 21.1 Å². The number of aromatic nitrogens is 3. The highest BCUT2D eigenvalue weighted by molar-refractivity contribution is 7.91. The SMILES string of the molecule is Cn1ncnc1C1C2=NCC(=O)c3cc(F)cc(c32)N[C@@H]1c1ccc(NCCCNc2ccc(S(=O)(=O)CC(C)(O)C(=O)Cc3ccc(C#N)c(C(F)(F)F)c3)cc2)cc1. The Bertz CT molecular complexity index is 2660. The number of anilines is 3. The molecule has 3 atom stereocenters. The first-order valence-electron chi connectivity index (χ1n) is 18.7. The first-order chi connectivity index (χ1) is 28.4. The minimum atomic E-state index is -4.84. The van der Waals surface area contributed by atoms with Gasteiger partial charge in [0.15, 0.2) is 21.4 Å². The number of aryl methyl sites for hydroxylation is 1. The van der Waals surface area contributed by atoms with Crippen molar-refractivity contribution in [1.29, 1.82) is 5.26 Å². The van der Waals surface area contributed by atoms with E-state index in [1.807, 2.05) is 24.3 Å². The largest absolute Gasteiger partial charge is 0.417 e. The molecule has 2 aliphatic rings. The van der Waals surface area contributed by atoms with Gasteiger partial charge in [-0.2, -0.15) is 23.5 Å². The predicted octanol–water partition coefficient (Wildman–Crippen LogP) is 6.03. The van der Waals surface area contributed by atoms with E-state index in [1.165, 1.54) is 36.7 Å². The van der Waals surface area contributed by atoms with Crippen LogP contribution in [0.3, 0.4) is 0 Å². The van der Waals surface area contributed by atoms with Gasteiger partial charge >= 0.3 is 6.18 Å². The molecular weight excluding hydrogens is 805 g/mol. The third-order valence-corrected chi connectivity index (χ3v) is 12.4. The summed E-state index contributed by atoms with van der Waals surface area (Å²) in [5, 5.41) is 34.1. The van der Waals surface area contributed by atoms with E-state index in [0.29, 0.717) is 59.6 Å². The smallest absolute Gasteiger partial charge is 0.385 e. The topological polar surface area (TPSA) is 191 Å². The molecule has 7 rings (SSSR count). The minimum Gasteiger partial charge on any atom is -0.385 e. The number of hydrogen-bond donors (Lipinski definition) is 4. The lowest BCUT2D eigenvalue weighted by molar-refractivity contribution is -0.138. The molecule has 4 N–H and O–H groups in total. The molecule has 0 aliphatic carbocycles. The van der Waals surface area contributed by atoms with E-state index in [1.54, 1.807) is 23.9 Å². The van der Waals surface area contributed by atoms with Crippen molar-refractivity contribution in [3.05, 3.63) is 130 Å². The number of alkyl halides is 3. The van der Waals surface area contributed by atoms with Gasteiger partial charge in [-0.05, 0) is 85.1 Å². The highest BCUT2D eigenvalue weighted by Gasteiger charge is 2.42. The molecule has 310 valence electrons. The molecule has 5 aromatic rings. The molecule has 4 aromatic carbocycles. The summed E-state index contributed by atoms with van der Waals surface area (Å²) in [7, 11) is -2.41. The Kier molecular flexibility index (Phi) is 11.3. The van der Waals surface area contributed by atoms with E-state index in [4.69, 9.17) is 5.26 Å². The van der Waals surface area contributed by atoms with Crippen LogP contribution in [-0.4, -0.2) is 76.6 Å². The average molecular weight is 843 g/mol. The molecule has 0 fully saturated rings. The lowest BCUT2D eigenvalue weighted by Gasteiger charge is -2.37. The van der Waals surface area contributed by atoms with Gasteiger partial charge in [-0.25, -0.2) is 17.8 Å². The van der Waals surface area contributed by atoms with Crippen LogP contribution in [-0.2, 0) is 34.3 Å². The van der Waals surface area contributed by atoms with Crippen molar-refractivity contribution in [2.24, 2.45) is 12.0 Å². The van der Waals surface area contributed by atoms with Crippen LogP contribution in [0, 0.1) is 17.1 Å². The predicted molar refractivity (Wildman–Crippen MR) is 214 cm³/mol. The van der Waals surface area contributed by atoms with Crippen molar-refractivity contribution in [2.45, 2.75) is 48.4 Å². The molecule has 0 spiro atoms. The maximum Gasteiger partial charge on any atom is 0.417 e. The third kappa shape index (κ3) is 8.63. The summed E-state index contributed by atoms with van der Waals surface area (Å²) in [5.74, 6) is -2.53. The number of nitrogens with one attached hydrogen (secondary N) is 3. The van der Waals surface area contributed by atoms with E-state index in [0.717, 1.165) is 30.3 Å². The highest BCUT2D eigenvalue weighted by atomic mass is 32.2. The monoisotopic (exact) mass is 842 g/mol. The van der Waals surface area contributed by atoms with Gasteiger partial charge in [-0.15, -0.1) is 0 Å². The number of hydrogen-bond acceptors (Lipinski definition) is 12. The van der Waals surface area contributed by atoms with E-state index >= 15 is 0 Å². The number of ketones is 2. The quantitative estimate of drug-likeness (QED) is 0.0754. The molecule has 1 aromatic heterocycles. The minimum absolute atomic E-state index is 0.0853. The normalized spacial score (nSPS) is 17.1. The molecular formula is C42H38F4N8O5S. The van der Waals surface area contributed by atoms with Gasteiger partial charge in [0.25, 0.3) is 0 Å². The van der Waals surface area contributed by atoms with Gasteiger partial charge in [-0.3, -0.25) is 19.3 Å². The fourth-order valence-electron chi connectivity index (χ4n) is 7.42. The summed E-state index contributed by atoms with van der Waals surface area (Å²) < 4.78 is 82.8. The van der Waals surface area contributed by atoms with Crippen LogP contribution in [0.5, 0.6) is 0 Å². The van der Waals surface area contributed by atoms with Crippen molar-refractivity contribution in [2.75, 3.05) is 41.3 Å². The summed E-state index contributed by atoms with van der Waals surface area (Å²) in [6, 6.07) is 19.9. The number of Topliss-reactive ketones (excluding diaryl/α,β-unsaturated/α-hetero) is 2. The zero-order valence-corrected chi connectivity index (χ0v) is 33.0. The van der Waals surface area contributed by atoms with E-state index < -0.39 is 68.5 Å². The van der Waals surface area contributed by atoms with E-state index in [2.05, 4.69) is 31.0 Å². The van der Waals surface area contributed by atoms with Crippen LogP contribution >= 0.6 is 0 Å². The highest BCUT2D eigenvalue weighted by Crippen LogP contribution is 2.45. The molecule has 0 radical (unpaired) electrons. The Morgan fingerprint density at radius 3 is 2.30 bits per heavy atom. The maximum atomic E-state index is 14.6. The van der Waals surface area contributed by atoms with Crippen molar-refractivity contribution < 1.29 is 40.7 Å². The van der Waals surface area contributed by atoms with Gasteiger partial charge in [0.2, 0.25) is 0 Å². The summed E-state index contributed by atoms with van der Waals surface area (Å²) in [6.07, 6.45) is -3.39. The number of sulfone groups is 1. The third-order valence-electron chi connectivity index (χ3n) is 10.5. The zero-order chi connectivity index (χ0) is 43.0. The second kappa shape index (κ2) is 16.3. The first kappa shape index (κ1) is 41.7. The van der Waals surface area contributed by atoms with Gasteiger partial charge in [0.1, 0.15) is 30.1 Å². The Morgan fingerprint density at radius 1 is 1.02 bits per heavy atom. The fraction of sp³-hybridized carbons (Fsp3) is 0.286. The van der Waals surface area contributed by atoms with Gasteiger partial charge in [0.05, 0.1) is 45.5 Å². The van der Waals surface area contributed by atoms with Crippen molar-refractivity contribution >= 4 is 44.2 Å². The van der Waals surface area contributed by atoms with Crippen LogP contribution in [0.15, 0.2) is 95.1 Å². The summed E-state index contributed by atoms with van der Waals surface area (Å²) >= 11 is 0. The van der Waals surface area contributed by atoms with E-state index in [-0.39, 0.29) is 22.8 Å². The number of rotatable bonds is 14. The van der Waals surface area contributed by atoms with E-state index in [9.17, 15) is 40.7 Å². The Morgan fingerprint density at radius 2 is 1.68 bits per heavy atom. The Balaban J connectivity index is 0.923. The van der Waals surface area contributed by atoms with Crippen LogP contribution < -0.4 is 16.0 Å². The average Bonchev–Trinajstić information content (AvgIpc) is 3.63. The number of nitriles is 1. The molecule has 0 amide bonds. The molecule has 60 heavy (non-hydrogen) atoms. The van der Waals surface area contributed by atoms with Crippen LogP contribution in [0.1, 0.15) is 69.3 Å². The number of aliphatic imine (C=N–C) groups is 1. The second-order valence-electron chi connectivity index (χ2n) is 14.8. The number of aliphatic hydroxyl groups is 1. The Labute approximate surface area is 342 Å². The summed E-state index contributed by atoms with van der Waals surface area (Å²) in [5.41, 5.74) is -0.0132. The molecule has 13 nitrogen and oxygen atoms in total. The van der Waals surface area contributed by atoms with Crippen LogP contribution in [0.25, 0.3) is 0 Å². The number of halogens is 4. The number of carbonyl (C=O) groups is 2. The van der Waals surface area contributed by atoms with Gasteiger partial charge in [-0.1, -0.05) is 18.2 Å². The lowest BCUT2D eigenvalue weighted by Crippen LogP contribution is -2.43. The molecule has 0 saturated heterocycles. The maximum absolute atomic E-state index is 14.6. The number of carbonyl (C=O) groups excluding carboxylic acids is 2. The van der Waals surface area contributed by atoms with Crippen LogP contribution in [0.4, 0.5) is 34.6 Å². The zero-order valence-electron chi connectivity index (χ0n) is 32.2. The Hall–Kier alpha value is -6.45. The van der Waals surface area contributed by atoms with Gasteiger partial charge in [0, 0.05) is 54.7 Å².